The quantitative estimate of drug-likeness (QED) is 0.446. The van der Waals surface area contributed by atoms with Crippen LogP contribution in [0.4, 0.5) is 0 Å². The highest BCUT2D eigenvalue weighted by molar-refractivity contribution is 5.86. The van der Waals surface area contributed by atoms with E-state index < -0.39 is 5.54 Å². The average molecular weight is 356 g/mol. The topological polar surface area (TPSA) is 89.2 Å². The van der Waals surface area contributed by atoms with Crippen LogP contribution < -0.4 is 10.1 Å². The number of hydrogen-bond acceptors (Lipinski definition) is 4. The summed E-state index contributed by atoms with van der Waals surface area (Å²) < 4.78 is 5.95. The molecule has 1 aliphatic rings. The highest BCUT2D eigenvalue weighted by Crippen LogP contribution is 2.31. The summed E-state index contributed by atoms with van der Waals surface area (Å²) in [6.45, 7) is 2.39. The van der Waals surface area contributed by atoms with Gasteiger partial charge in [-0.1, -0.05) is 38.2 Å². The molecule has 0 spiro atoms. The fraction of sp³-hybridized carbons (Fsp3) is 0.550. The number of rotatable bonds is 7. The Balaban J connectivity index is 2.08. The summed E-state index contributed by atoms with van der Waals surface area (Å²) in [5.41, 5.74) is 0.0804. The van der Waals surface area contributed by atoms with Crippen LogP contribution in [0.5, 0.6) is 5.75 Å². The molecule has 1 amide bonds. The molecule has 0 aliphatic heterocycles. The zero-order valence-electron chi connectivity index (χ0n) is 15.6. The summed E-state index contributed by atoms with van der Waals surface area (Å²) >= 11 is 0. The number of nitrogens with zero attached hydrogens (tertiary/aromatic N) is 2. The fourth-order valence-electron chi connectivity index (χ4n) is 3.50. The van der Waals surface area contributed by atoms with Gasteiger partial charge in [0.15, 0.2) is 5.96 Å². The lowest BCUT2D eigenvalue weighted by molar-refractivity contribution is -0.114. The summed E-state index contributed by atoms with van der Waals surface area (Å²) in [5, 5.41) is 20.3. The molecule has 1 fully saturated rings. The Bertz CT molecular complexity index is 664. The van der Waals surface area contributed by atoms with E-state index in [1.54, 1.807) is 25.2 Å². The van der Waals surface area contributed by atoms with Gasteiger partial charge < -0.3 is 10.1 Å². The summed E-state index contributed by atoms with van der Waals surface area (Å²) in [6, 6.07) is 9.18. The molecule has 6 nitrogen and oxygen atoms in total. The van der Waals surface area contributed by atoms with Crippen molar-refractivity contribution >= 4 is 12.4 Å². The van der Waals surface area contributed by atoms with Gasteiger partial charge in [0.1, 0.15) is 12.4 Å². The maximum absolute atomic E-state index is 11.0. The molecule has 0 aromatic heterocycles. The van der Waals surface area contributed by atoms with E-state index in [1.165, 1.54) is 37.0 Å². The smallest absolute Gasteiger partial charge is 0.216 e. The predicted molar refractivity (Wildman–Crippen MR) is 101 cm³/mol. The van der Waals surface area contributed by atoms with Gasteiger partial charge in [-0.3, -0.25) is 15.1 Å². The SMILES string of the molecule is CN(C=O)C(=N)NC(C)(COc1cccc(C#N)c1)CC1CCCCC1. The number of benzene rings is 1. The molecule has 2 rings (SSSR count). The fourth-order valence-corrected chi connectivity index (χ4v) is 3.50. The molecule has 26 heavy (non-hydrogen) atoms. The van der Waals surface area contributed by atoms with Crippen molar-refractivity contribution in [2.24, 2.45) is 5.92 Å². The van der Waals surface area contributed by atoms with Crippen molar-refractivity contribution in [1.29, 1.82) is 10.7 Å². The average Bonchev–Trinajstić information content (AvgIpc) is 2.66. The maximum Gasteiger partial charge on any atom is 0.216 e. The third-order valence-electron chi connectivity index (χ3n) is 4.92. The van der Waals surface area contributed by atoms with Crippen LogP contribution in [0.2, 0.25) is 0 Å². The number of ether oxygens (including phenoxy) is 1. The second kappa shape index (κ2) is 9.23. The summed E-state index contributed by atoms with van der Waals surface area (Å²) in [5.74, 6) is 1.29. The molecule has 6 heteroatoms. The first kappa shape index (κ1) is 19.8. The second-order valence-electron chi connectivity index (χ2n) is 7.39. The number of carbonyl (C=O) groups excluding carboxylic acids is 1. The number of amides is 1. The minimum atomic E-state index is -0.473. The Kier molecular flexibility index (Phi) is 7.02. The van der Waals surface area contributed by atoms with Crippen molar-refractivity contribution in [2.45, 2.75) is 51.0 Å². The summed E-state index contributed by atoms with van der Waals surface area (Å²) in [6.07, 6.45) is 7.67. The maximum atomic E-state index is 11.0. The van der Waals surface area contributed by atoms with Crippen LogP contribution in [0.15, 0.2) is 24.3 Å². The zero-order valence-corrected chi connectivity index (χ0v) is 15.6. The minimum Gasteiger partial charge on any atom is -0.491 e. The molecule has 0 heterocycles. The summed E-state index contributed by atoms with van der Waals surface area (Å²) in [7, 11) is 1.56. The number of nitriles is 1. The van der Waals surface area contributed by atoms with Crippen LogP contribution in [0.3, 0.4) is 0 Å². The van der Waals surface area contributed by atoms with E-state index in [0.29, 0.717) is 30.2 Å². The Morgan fingerprint density at radius 2 is 2.19 bits per heavy atom. The van der Waals surface area contributed by atoms with Gasteiger partial charge in [-0.05, 0) is 37.5 Å². The number of nitrogens with one attached hydrogen (secondary N) is 2. The molecule has 0 bridgehead atoms. The lowest BCUT2D eigenvalue weighted by Gasteiger charge is -2.37. The van der Waals surface area contributed by atoms with Crippen molar-refractivity contribution in [2.75, 3.05) is 13.7 Å². The molecular formula is C20H28N4O2. The van der Waals surface area contributed by atoms with Crippen LogP contribution in [-0.2, 0) is 4.79 Å². The third-order valence-corrected chi connectivity index (χ3v) is 4.92. The lowest BCUT2D eigenvalue weighted by Crippen LogP contribution is -2.55. The number of guanidine groups is 1. The molecular weight excluding hydrogens is 328 g/mol. The normalized spacial score (nSPS) is 16.8. The molecule has 0 saturated heterocycles. The second-order valence-corrected chi connectivity index (χ2v) is 7.39. The highest BCUT2D eigenvalue weighted by atomic mass is 16.5. The molecule has 1 aliphatic carbocycles. The minimum absolute atomic E-state index is 0.0627. The lowest BCUT2D eigenvalue weighted by atomic mass is 9.80. The van der Waals surface area contributed by atoms with Crippen LogP contribution in [-0.4, -0.2) is 36.5 Å². The molecule has 1 saturated carbocycles. The van der Waals surface area contributed by atoms with E-state index >= 15 is 0 Å². The molecule has 1 aromatic rings. The van der Waals surface area contributed by atoms with Gasteiger partial charge in [-0.2, -0.15) is 5.26 Å². The van der Waals surface area contributed by atoms with Crippen LogP contribution in [0.1, 0.15) is 51.0 Å². The molecule has 0 radical (unpaired) electrons. The van der Waals surface area contributed by atoms with Crippen LogP contribution in [0.25, 0.3) is 0 Å². The third kappa shape index (κ3) is 5.76. The summed E-state index contributed by atoms with van der Waals surface area (Å²) in [4.78, 5) is 12.2. The number of carbonyl (C=O) groups is 1. The van der Waals surface area contributed by atoms with Crippen molar-refractivity contribution in [3.8, 4) is 11.8 Å². The van der Waals surface area contributed by atoms with Crippen molar-refractivity contribution < 1.29 is 9.53 Å². The van der Waals surface area contributed by atoms with Crippen LogP contribution >= 0.6 is 0 Å². The Hall–Kier alpha value is -2.55. The standard InChI is InChI=1S/C20H28N4O2/c1-20(23-19(22)24(2)15-25,12-16-7-4-3-5-8-16)14-26-18-10-6-9-17(11-18)13-21/h6,9-11,15-16H,3-5,7-8,12,14H2,1-2H3,(H2,22,23). The van der Waals surface area contributed by atoms with Gasteiger partial charge in [-0.15, -0.1) is 0 Å². The molecule has 140 valence electrons. The van der Waals surface area contributed by atoms with E-state index in [9.17, 15) is 4.79 Å². The highest BCUT2D eigenvalue weighted by Gasteiger charge is 2.31. The first-order valence-electron chi connectivity index (χ1n) is 9.13. The van der Waals surface area contributed by atoms with Gasteiger partial charge >= 0.3 is 0 Å². The van der Waals surface area contributed by atoms with Crippen molar-refractivity contribution in [1.82, 2.24) is 10.2 Å². The molecule has 2 N–H and O–H groups in total. The van der Waals surface area contributed by atoms with Gasteiger partial charge in [0.2, 0.25) is 6.41 Å². The monoisotopic (exact) mass is 356 g/mol. The Morgan fingerprint density at radius 3 is 2.85 bits per heavy atom. The molecule has 1 aromatic carbocycles. The van der Waals surface area contributed by atoms with E-state index in [-0.39, 0.29) is 5.96 Å². The zero-order chi connectivity index (χ0) is 19.0. The van der Waals surface area contributed by atoms with Gasteiger partial charge in [0.25, 0.3) is 0 Å². The van der Waals surface area contributed by atoms with E-state index in [4.69, 9.17) is 15.4 Å². The van der Waals surface area contributed by atoms with Gasteiger partial charge in [0.05, 0.1) is 17.2 Å². The molecule has 1 unspecified atom stereocenters. The van der Waals surface area contributed by atoms with Crippen molar-refractivity contribution in [3.63, 3.8) is 0 Å². The van der Waals surface area contributed by atoms with Gasteiger partial charge in [-0.25, -0.2) is 0 Å². The first-order chi connectivity index (χ1) is 12.5. The van der Waals surface area contributed by atoms with Crippen LogP contribution in [0, 0.1) is 22.7 Å². The predicted octanol–water partition coefficient (Wildman–Crippen LogP) is 3.28. The van der Waals surface area contributed by atoms with Gasteiger partial charge in [0, 0.05) is 7.05 Å². The Labute approximate surface area is 155 Å². The van der Waals surface area contributed by atoms with E-state index in [1.807, 2.05) is 13.0 Å². The van der Waals surface area contributed by atoms with Crippen molar-refractivity contribution in [3.05, 3.63) is 29.8 Å². The number of hydrogen-bond donors (Lipinski definition) is 2. The molecule has 1 atom stereocenters. The first-order valence-corrected chi connectivity index (χ1v) is 9.13. The Morgan fingerprint density at radius 1 is 1.46 bits per heavy atom. The van der Waals surface area contributed by atoms with E-state index in [2.05, 4.69) is 11.4 Å². The van der Waals surface area contributed by atoms with E-state index in [0.717, 1.165) is 6.42 Å². The largest absolute Gasteiger partial charge is 0.491 e.